The van der Waals surface area contributed by atoms with Crippen LogP contribution in [0.25, 0.3) is 0 Å². The van der Waals surface area contributed by atoms with Gasteiger partial charge in [0.05, 0.1) is 36.0 Å². The normalized spacial score (nSPS) is 11.1. The first-order valence-electron chi connectivity index (χ1n) is 10.9. The Morgan fingerprint density at radius 2 is 1.76 bits per heavy atom. The number of para-hydroxylation sites is 1. The molecule has 1 aromatic heterocycles. The lowest BCUT2D eigenvalue weighted by molar-refractivity contribution is -0.116. The summed E-state index contributed by atoms with van der Waals surface area (Å²) < 4.78 is 31.4. The van der Waals surface area contributed by atoms with Crippen LogP contribution in [0.1, 0.15) is 40.1 Å². The van der Waals surface area contributed by atoms with Gasteiger partial charge >= 0.3 is 0 Å². The zero-order valence-electron chi connectivity index (χ0n) is 19.5. The molecule has 2 N–H and O–H groups in total. The van der Waals surface area contributed by atoms with Crippen LogP contribution in [-0.4, -0.2) is 33.0 Å². The number of anilines is 2. The predicted octanol–water partition coefficient (Wildman–Crippen LogP) is 4.01. The second kappa shape index (κ2) is 11.0. The van der Waals surface area contributed by atoms with Crippen molar-refractivity contribution in [3.8, 4) is 0 Å². The van der Waals surface area contributed by atoms with E-state index in [1.807, 2.05) is 26.0 Å². The smallest absolute Gasteiger partial charge is 0.253 e. The number of amides is 2. The molecule has 2 aromatic carbocycles. The zero-order chi connectivity index (χ0) is 24.7. The summed E-state index contributed by atoms with van der Waals surface area (Å²) in [5.74, 6) is -0.0275. The van der Waals surface area contributed by atoms with Crippen LogP contribution in [-0.2, 0) is 21.4 Å². The first-order valence-corrected chi connectivity index (χ1v) is 12.7. The van der Waals surface area contributed by atoms with Gasteiger partial charge in [0, 0.05) is 13.0 Å². The lowest BCUT2D eigenvalue weighted by atomic mass is 10.1. The van der Waals surface area contributed by atoms with Crippen molar-refractivity contribution in [2.75, 3.05) is 22.4 Å². The summed E-state index contributed by atoms with van der Waals surface area (Å²) in [5.41, 5.74) is 3.20. The van der Waals surface area contributed by atoms with Gasteiger partial charge in [-0.15, -0.1) is 0 Å². The Labute approximate surface area is 200 Å². The van der Waals surface area contributed by atoms with E-state index in [0.717, 1.165) is 17.4 Å². The van der Waals surface area contributed by atoms with Crippen molar-refractivity contribution in [2.24, 2.45) is 0 Å². The number of sulfonamides is 1. The Balaban J connectivity index is 1.61. The molecule has 0 aliphatic heterocycles. The Bertz CT molecular complexity index is 1250. The van der Waals surface area contributed by atoms with E-state index < -0.39 is 10.0 Å². The predicted molar refractivity (Wildman–Crippen MR) is 132 cm³/mol. The van der Waals surface area contributed by atoms with E-state index in [1.54, 1.807) is 42.5 Å². The number of nitrogens with zero attached hydrogens (tertiary/aromatic N) is 1. The quantitative estimate of drug-likeness (QED) is 0.453. The highest BCUT2D eigenvalue weighted by Gasteiger charge is 2.20. The van der Waals surface area contributed by atoms with Crippen LogP contribution in [0.5, 0.6) is 0 Å². The molecule has 3 aromatic rings. The van der Waals surface area contributed by atoms with E-state index in [1.165, 1.54) is 10.6 Å². The second-order valence-corrected chi connectivity index (χ2v) is 9.92. The van der Waals surface area contributed by atoms with Gasteiger partial charge in [-0.3, -0.25) is 13.9 Å². The van der Waals surface area contributed by atoms with Gasteiger partial charge in [0.1, 0.15) is 5.76 Å². The molecule has 0 radical (unpaired) electrons. The number of rotatable bonds is 10. The minimum Gasteiger partial charge on any atom is -0.467 e. The SMILES string of the molecule is Cc1cccc(N(CCCC(=O)Nc2ccccc2C(=O)NCc2ccco2)S(C)(=O)=O)c1C. The van der Waals surface area contributed by atoms with Crippen molar-refractivity contribution in [1.29, 1.82) is 0 Å². The number of benzene rings is 2. The van der Waals surface area contributed by atoms with Crippen molar-refractivity contribution < 1.29 is 22.4 Å². The van der Waals surface area contributed by atoms with Crippen molar-refractivity contribution in [3.05, 3.63) is 83.3 Å². The van der Waals surface area contributed by atoms with Gasteiger partial charge in [-0.1, -0.05) is 24.3 Å². The maximum absolute atomic E-state index is 12.6. The third-order valence-corrected chi connectivity index (χ3v) is 6.64. The monoisotopic (exact) mass is 483 g/mol. The van der Waals surface area contributed by atoms with E-state index in [9.17, 15) is 18.0 Å². The van der Waals surface area contributed by atoms with E-state index in [4.69, 9.17) is 4.42 Å². The molecule has 0 aliphatic carbocycles. The molecule has 0 atom stereocenters. The topological polar surface area (TPSA) is 109 Å². The van der Waals surface area contributed by atoms with Crippen LogP contribution in [0.15, 0.2) is 65.3 Å². The summed E-state index contributed by atoms with van der Waals surface area (Å²) in [6.45, 7) is 4.20. The van der Waals surface area contributed by atoms with Crippen molar-refractivity contribution in [2.45, 2.75) is 33.2 Å². The number of carbonyl (C=O) groups is 2. The molecule has 34 heavy (non-hydrogen) atoms. The number of aryl methyl sites for hydroxylation is 1. The number of hydrogen-bond acceptors (Lipinski definition) is 5. The molecule has 2 amide bonds. The molecular weight excluding hydrogens is 454 g/mol. The first kappa shape index (κ1) is 25.0. The second-order valence-electron chi connectivity index (χ2n) is 8.01. The van der Waals surface area contributed by atoms with Crippen LogP contribution in [0.3, 0.4) is 0 Å². The molecule has 1 heterocycles. The molecule has 180 valence electrons. The largest absolute Gasteiger partial charge is 0.467 e. The highest BCUT2D eigenvalue weighted by atomic mass is 32.2. The minimum atomic E-state index is -3.52. The summed E-state index contributed by atoms with van der Waals surface area (Å²) in [4.78, 5) is 25.2. The number of carbonyl (C=O) groups excluding carboxylic acids is 2. The lowest BCUT2D eigenvalue weighted by Crippen LogP contribution is -2.32. The average molecular weight is 484 g/mol. The molecule has 0 unspecified atom stereocenters. The standard InChI is InChI=1S/C25H29N3O5S/c1-18-9-6-13-23(19(18)2)28(34(3,31)32)15-7-14-24(29)27-22-12-5-4-11-21(22)25(30)26-17-20-10-8-16-33-20/h4-6,8-13,16H,7,14-15,17H2,1-3H3,(H,26,30)(H,27,29). The highest BCUT2D eigenvalue weighted by Crippen LogP contribution is 2.25. The van der Waals surface area contributed by atoms with Gasteiger partial charge in [0.15, 0.2) is 0 Å². The number of furan rings is 1. The molecule has 0 spiro atoms. The van der Waals surface area contributed by atoms with E-state index in [2.05, 4.69) is 10.6 Å². The molecule has 0 fully saturated rings. The summed E-state index contributed by atoms with van der Waals surface area (Å²) in [5, 5.41) is 5.53. The average Bonchev–Trinajstić information content (AvgIpc) is 3.31. The Kier molecular flexibility index (Phi) is 8.12. The highest BCUT2D eigenvalue weighted by molar-refractivity contribution is 7.92. The van der Waals surface area contributed by atoms with Gasteiger partial charge in [-0.2, -0.15) is 0 Å². The molecular formula is C25H29N3O5S. The van der Waals surface area contributed by atoms with Crippen LogP contribution in [0.2, 0.25) is 0 Å². The van der Waals surface area contributed by atoms with Gasteiger partial charge in [-0.05, 0) is 61.7 Å². The molecule has 0 aliphatic rings. The van der Waals surface area contributed by atoms with Gasteiger partial charge in [-0.25, -0.2) is 8.42 Å². The van der Waals surface area contributed by atoms with Crippen LogP contribution < -0.4 is 14.9 Å². The van der Waals surface area contributed by atoms with E-state index in [-0.39, 0.29) is 31.3 Å². The molecule has 0 saturated heterocycles. The third-order valence-electron chi connectivity index (χ3n) is 5.46. The first-order chi connectivity index (χ1) is 16.2. The fourth-order valence-electron chi connectivity index (χ4n) is 3.53. The maximum atomic E-state index is 12.6. The lowest BCUT2D eigenvalue weighted by Gasteiger charge is -2.25. The Hall–Kier alpha value is -3.59. The van der Waals surface area contributed by atoms with E-state index in [0.29, 0.717) is 29.1 Å². The molecule has 0 saturated carbocycles. The van der Waals surface area contributed by atoms with Crippen molar-refractivity contribution >= 4 is 33.2 Å². The van der Waals surface area contributed by atoms with Gasteiger partial charge < -0.3 is 15.1 Å². The van der Waals surface area contributed by atoms with E-state index >= 15 is 0 Å². The number of nitrogens with one attached hydrogen (secondary N) is 2. The maximum Gasteiger partial charge on any atom is 0.253 e. The summed E-state index contributed by atoms with van der Waals surface area (Å²) in [6, 6.07) is 15.7. The summed E-state index contributed by atoms with van der Waals surface area (Å²) >= 11 is 0. The Morgan fingerprint density at radius 1 is 1.00 bits per heavy atom. The third kappa shape index (κ3) is 6.48. The fraction of sp³-hybridized carbons (Fsp3) is 0.280. The van der Waals surface area contributed by atoms with Crippen LogP contribution >= 0.6 is 0 Å². The van der Waals surface area contributed by atoms with Crippen molar-refractivity contribution in [1.82, 2.24) is 5.32 Å². The summed E-state index contributed by atoms with van der Waals surface area (Å²) in [7, 11) is -3.52. The van der Waals surface area contributed by atoms with Crippen molar-refractivity contribution in [3.63, 3.8) is 0 Å². The van der Waals surface area contributed by atoms with Gasteiger partial charge in [0.2, 0.25) is 15.9 Å². The van der Waals surface area contributed by atoms with Gasteiger partial charge in [0.25, 0.3) is 5.91 Å². The minimum absolute atomic E-state index is 0.0965. The molecule has 9 heteroatoms. The molecule has 0 bridgehead atoms. The Morgan fingerprint density at radius 3 is 2.47 bits per heavy atom. The zero-order valence-corrected chi connectivity index (χ0v) is 20.3. The fourth-order valence-corrected chi connectivity index (χ4v) is 4.55. The molecule has 3 rings (SSSR count). The number of hydrogen-bond donors (Lipinski definition) is 2. The molecule has 8 nitrogen and oxygen atoms in total. The van der Waals surface area contributed by atoms with Crippen LogP contribution in [0, 0.1) is 13.8 Å². The summed E-state index contributed by atoms with van der Waals surface area (Å²) in [6.07, 6.45) is 3.10. The van der Waals surface area contributed by atoms with Crippen LogP contribution in [0.4, 0.5) is 11.4 Å².